The third-order valence-electron chi connectivity index (χ3n) is 4.01. The Balaban J connectivity index is 1.41. The van der Waals surface area contributed by atoms with Crippen molar-refractivity contribution in [3.8, 4) is 11.5 Å². The van der Waals surface area contributed by atoms with E-state index >= 15 is 0 Å². The van der Waals surface area contributed by atoms with Crippen molar-refractivity contribution < 1.29 is 33.5 Å². The van der Waals surface area contributed by atoms with Crippen molar-refractivity contribution in [2.75, 3.05) is 13.2 Å². The van der Waals surface area contributed by atoms with Crippen molar-refractivity contribution in [1.29, 1.82) is 0 Å². The minimum absolute atomic E-state index is 0.0381. The molecular formula is C19H17N3O8. The van der Waals surface area contributed by atoms with Gasteiger partial charge < -0.3 is 14.2 Å². The number of nitrogens with zero attached hydrogens (tertiary/aromatic N) is 1. The van der Waals surface area contributed by atoms with E-state index in [9.17, 15) is 24.5 Å². The number of nitro groups is 1. The molecule has 0 radical (unpaired) electrons. The molecule has 1 aliphatic heterocycles. The molecule has 0 saturated carbocycles. The summed E-state index contributed by atoms with van der Waals surface area (Å²) in [5.74, 6) is -1.36. The van der Waals surface area contributed by atoms with Crippen LogP contribution in [0.2, 0.25) is 0 Å². The zero-order chi connectivity index (χ0) is 21.5. The first kappa shape index (κ1) is 20.6. The van der Waals surface area contributed by atoms with E-state index in [1.54, 1.807) is 30.3 Å². The number of carbonyl (C=O) groups is 3. The highest BCUT2D eigenvalue weighted by atomic mass is 16.6. The van der Waals surface area contributed by atoms with Crippen molar-refractivity contribution in [2.45, 2.75) is 12.5 Å². The Labute approximate surface area is 170 Å². The van der Waals surface area contributed by atoms with Gasteiger partial charge in [-0.05, 0) is 12.1 Å². The maximum absolute atomic E-state index is 12.1. The first-order valence-electron chi connectivity index (χ1n) is 8.79. The van der Waals surface area contributed by atoms with Crippen LogP contribution in [0.15, 0.2) is 48.5 Å². The monoisotopic (exact) mass is 415 g/mol. The number of hydrogen-bond acceptors (Lipinski definition) is 8. The largest absolute Gasteiger partial charge is 0.485 e. The van der Waals surface area contributed by atoms with Gasteiger partial charge in [0.2, 0.25) is 6.10 Å². The Morgan fingerprint density at radius 1 is 1.07 bits per heavy atom. The van der Waals surface area contributed by atoms with Crippen LogP contribution in [0.4, 0.5) is 5.69 Å². The first-order chi connectivity index (χ1) is 14.4. The Hall–Kier alpha value is -4.15. The zero-order valence-corrected chi connectivity index (χ0v) is 15.5. The van der Waals surface area contributed by atoms with E-state index in [0.29, 0.717) is 11.5 Å². The van der Waals surface area contributed by atoms with Crippen molar-refractivity contribution in [1.82, 2.24) is 10.9 Å². The number of fused-ring (bicyclic) bond motifs is 1. The molecule has 2 N–H and O–H groups in total. The predicted octanol–water partition coefficient (Wildman–Crippen LogP) is 0.668. The van der Waals surface area contributed by atoms with Crippen molar-refractivity contribution in [2.24, 2.45) is 0 Å². The smallest absolute Gasteiger partial charge is 0.311 e. The number of ether oxygens (including phenoxy) is 3. The van der Waals surface area contributed by atoms with Gasteiger partial charge in [0.05, 0.1) is 11.3 Å². The van der Waals surface area contributed by atoms with E-state index in [4.69, 9.17) is 14.2 Å². The predicted molar refractivity (Wildman–Crippen MR) is 100 cm³/mol. The maximum atomic E-state index is 12.1. The number of amides is 2. The molecule has 0 aliphatic carbocycles. The second-order valence-electron chi connectivity index (χ2n) is 6.12. The molecule has 2 aromatic rings. The van der Waals surface area contributed by atoms with Gasteiger partial charge in [-0.25, -0.2) is 0 Å². The lowest BCUT2D eigenvalue weighted by atomic mass is 10.1. The second kappa shape index (κ2) is 9.37. The molecule has 3 rings (SSSR count). The van der Waals surface area contributed by atoms with Crippen LogP contribution in [0.25, 0.3) is 0 Å². The number of esters is 1. The van der Waals surface area contributed by atoms with Crippen molar-refractivity contribution >= 4 is 23.5 Å². The molecule has 1 unspecified atom stereocenters. The molecule has 0 bridgehead atoms. The average Bonchev–Trinajstić information content (AvgIpc) is 2.76. The number of carbonyl (C=O) groups excluding carboxylic acids is 3. The summed E-state index contributed by atoms with van der Waals surface area (Å²) in [6.45, 7) is -0.714. The van der Waals surface area contributed by atoms with Crippen LogP contribution in [0.3, 0.4) is 0 Å². The van der Waals surface area contributed by atoms with Crippen molar-refractivity contribution in [3.63, 3.8) is 0 Å². The molecular weight excluding hydrogens is 398 g/mol. The highest BCUT2D eigenvalue weighted by molar-refractivity contribution is 5.86. The highest BCUT2D eigenvalue weighted by Crippen LogP contribution is 2.30. The van der Waals surface area contributed by atoms with Gasteiger partial charge in [0.1, 0.15) is 6.61 Å². The molecule has 0 spiro atoms. The summed E-state index contributed by atoms with van der Waals surface area (Å²) in [6, 6.07) is 12.5. The molecule has 2 aromatic carbocycles. The Kier molecular flexibility index (Phi) is 6.42. The molecule has 30 heavy (non-hydrogen) atoms. The third-order valence-corrected chi connectivity index (χ3v) is 4.01. The summed E-state index contributed by atoms with van der Waals surface area (Å²) in [6.07, 6.45) is -1.34. The number of nitrogens with one attached hydrogen (secondary N) is 2. The van der Waals surface area contributed by atoms with Gasteiger partial charge in [0, 0.05) is 11.6 Å². The zero-order valence-electron chi connectivity index (χ0n) is 15.5. The number of benzene rings is 2. The van der Waals surface area contributed by atoms with Gasteiger partial charge in [-0.3, -0.25) is 35.3 Å². The Morgan fingerprint density at radius 2 is 1.77 bits per heavy atom. The fourth-order valence-electron chi connectivity index (χ4n) is 2.59. The fourth-order valence-corrected chi connectivity index (χ4v) is 2.59. The number of hydrogen-bond donors (Lipinski definition) is 2. The van der Waals surface area contributed by atoms with E-state index in [1.807, 2.05) is 0 Å². The maximum Gasteiger partial charge on any atom is 0.311 e. The van der Waals surface area contributed by atoms with E-state index < -0.39 is 35.4 Å². The average molecular weight is 415 g/mol. The van der Waals surface area contributed by atoms with Gasteiger partial charge >= 0.3 is 5.97 Å². The molecule has 1 aliphatic rings. The molecule has 11 nitrogen and oxygen atoms in total. The highest BCUT2D eigenvalue weighted by Gasteiger charge is 2.27. The van der Waals surface area contributed by atoms with Crippen LogP contribution in [0, 0.1) is 10.1 Å². The van der Waals surface area contributed by atoms with Gasteiger partial charge in [-0.1, -0.05) is 30.3 Å². The fraction of sp³-hybridized carbons (Fsp3) is 0.211. The molecule has 0 fully saturated rings. The summed E-state index contributed by atoms with van der Waals surface area (Å²) >= 11 is 0. The normalized spacial score (nSPS) is 14.3. The summed E-state index contributed by atoms with van der Waals surface area (Å²) in [5.41, 5.74) is 4.19. The van der Waals surface area contributed by atoms with Gasteiger partial charge in [0.15, 0.2) is 18.1 Å². The van der Waals surface area contributed by atoms with Crippen LogP contribution in [-0.4, -0.2) is 42.0 Å². The lowest BCUT2D eigenvalue weighted by molar-refractivity contribution is -0.385. The first-order valence-corrected chi connectivity index (χ1v) is 8.79. The van der Waals surface area contributed by atoms with Gasteiger partial charge in [-0.2, -0.15) is 0 Å². The van der Waals surface area contributed by atoms with Crippen LogP contribution in [0.5, 0.6) is 11.5 Å². The van der Waals surface area contributed by atoms with Crippen LogP contribution < -0.4 is 20.3 Å². The molecule has 0 aromatic heterocycles. The van der Waals surface area contributed by atoms with Gasteiger partial charge in [-0.15, -0.1) is 0 Å². The molecule has 2 amide bonds. The summed E-state index contributed by atoms with van der Waals surface area (Å²) < 4.78 is 15.7. The number of nitro benzene ring substituents is 1. The number of hydrazine groups is 1. The van der Waals surface area contributed by atoms with Crippen LogP contribution in [0.1, 0.15) is 5.56 Å². The van der Waals surface area contributed by atoms with E-state index in [0.717, 1.165) is 0 Å². The summed E-state index contributed by atoms with van der Waals surface area (Å²) in [7, 11) is 0. The Bertz CT molecular complexity index is 978. The van der Waals surface area contributed by atoms with E-state index in [-0.39, 0.29) is 24.3 Å². The number of rotatable bonds is 6. The summed E-state index contributed by atoms with van der Waals surface area (Å²) in [4.78, 5) is 46.0. The van der Waals surface area contributed by atoms with Crippen LogP contribution in [-0.2, 0) is 25.5 Å². The van der Waals surface area contributed by atoms with Crippen molar-refractivity contribution in [3.05, 3.63) is 64.2 Å². The third kappa shape index (κ3) is 5.22. The van der Waals surface area contributed by atoms with Gasteiger partial charge in [0.25, 0.3) is 17.5 Å². The Morgan fingerprint density at radius 3 is 2.53 bits per heavy atom. The minimum Gasteiger partial charge on any atom is -0.485 e. The molecule has 0 saturated heterocycles. The lowest BCUT2D eigenvalue weighted by Crippen LogP contribution is -2.51. The number of para-hydroxylation sites is 3. The second-order valence-corrected chi connectivity index (χ2v) is 6.12. The SMILES string of the molecule is O=C(COC(=O)Cc1ccccc1[N+](=O)[O-])NNC(=O)C1COc2ccccc2O1. The van der Waals surface area contributed by atoms with Crippen LogP contribution >= 0.6 is 0 Å². The molecule has 1 atom stereocenters. The lowest BCUT2D eigenvalue weighted by Gasteiger charge is -2.25. The van der Waals surface area contributed by atoms with E-state index in [1.165, 1.54) is 18.2 Å². The quantitative estimate of drug-likeness (QED) is 0.398. The standard InChI is InChI=1S/C19H17N3O8/c23-17(11-29-18(24)9-12-5-1-2-6-13(12)22(26)27)20-21-19(25)16-10-28-14-7-3-4-8-15(14)30-16/h1-8,16H,9-11H2,(H,20,23)(H,21,25). The molecule has 156 valence electrons. The summed E-state index contributed by atoms with van der Waals surface area (Å²) in [5, 5.41) is 10.9. The molecule has 11 heteroatoms. The molecule has 1 heterocycles. The topological polar surface area (TPSA) is 146 Å². The minimum atomic E-state index is -0.971. The van der Waals surface area contributed by atoms with E-state index in [2.05, 4.69) is 10.9 Å².